The largest absolute Gasteiger partial charge is 0.396 e. The Morgan fingerprint density at radius 2 is 0.500 bits per heavy atom. The van der Waals surface area contributed by atoms with E-state index in [1.807, 2.05) is 0 Å². The molecule has 0 saturated carbocycles. The third-order valence-corrected chi connectivity index (χ3v) is 9.46. The Bertz CT molecular complexity index is 419. The van der Waals surface area contributed by atoms with E-state index in [-0.39, 0.29) is 0 Å². The molecule has 40 heavy (non-hydrogen) atoms. The van der Waals surface area contributed by atoms with Crippen LogP contribution in [0.3, 0.4) is 0 Å². The predicted molar refractivity (Wildman–Crippen MR) is 182 cm³/mol. The monoisotopic (exact) mass is 567 g/mol. The van der Waals surface area contributed by atoms with Crippen molar-refractivity contribution in [1.82, 2.24) is 0 Å². The fraction of sp³-hybridized carbons (Fsp3) is 1.00. The molecule has 0 amide bonds. The molecule has 0 unspecified atom stereocenters. The van der Waals surface area contributed by atoms with Crippen LogP contribution in [0.15, 0.2) is 0 Å². The summed E-state index contributed by atoms with van der Waals surface area (Å²) >= 11 is 0. The zero-order chi connectivity index (χ0) is 29.2. The maximum Gasteiger partial charge on any atom is 0.0784 e. The van der Waals surface area contributed by atoms with Crippen LogP contribution in [0.2, 0.25) is 0 Å². The maximum atomic E-state index is 9.18. The highest BCUT2D eigenvalue weighted by atomic mass is 16.2. The predicted octanol–water partition coefficient (Wildman–Crippen LogP) is 12.6. The molecule has 2 nitrogen and oxygen atoms in total. The highest BCUT2D eigenvalue weighted by Gasteiger charge is 2.20. The molecular weight excluding hydrogens is 486 g/mol. The third-order valence-electron chi connectivity index (χ3n) is 9.46. The average Bonchev–Trinajstić information content (AvgIpc) is 2.96. The highest BCUT2D eigenvalue weighted by molar-refractivity contribution is 4.53. The van der Waals surface area contributed by atoms with E-state index in [1.54, 1.807) is 0 Å². The number of unbranched alkanes of at least 4 members (excludes halogenated alkanes) is 28. The molecule has 0 aromatic rings. The first kappa shape index (κ1) is 39.9. The molecule has 242 valence electrons. The van der Waals surface area contributed by atoms with Crippen molar-refractivity contribution >= 4 is 0 Å². The number of hydrogen-bond acceptors (Lipinski definition) is 1. The van der Waals surface area contributed by atoms with Gasteiger partial charge in [-0.2, -0.15) is 0 Å². The molecule has 0 aliphatic carbocycles. The van der Waals surface area contributed by atoms with Crippen molar-refractivity contribution < 1.29 is 9.59 Å². The summed E-state index contributed by atoms with van der Waals surface area (Å²) in [6.45, 7) is 9.03. The van der Waals surface area contributed by atoms with E-state index >= 15 is 0 Å². The number of aliphatic hydroxyl groups is 1. The molecule has 0 aliphatic rings. The number of quaternary nitrogens is 1. The maximum absolute atomic E-state index is 9.18. The van der Waals surface area contributed by atoms with Gasteiger partial charge >= 0.3 is 0 Å². The Labute approximate surface area is 255 Å². The third kappa shape index (κ3) is 30.9. The van der Waals surface area contributed by atoms with E-state index in [9.17, 15) is 5.11 Å². The molecule has 0 heterocycles. The van der Waals surface area contributed by atoms with Gasteiger partial charge in [-0.25, -0.2) is 0 Å². The molecule has 0 bridgehead atoms. The summed E-state index contributed by atoms with van der Waals surface area (Å²) in [6, 6.07) is 0. The van der Waals surface area contributed by atoms with Crippen LogP contribution in [-0.4, -0.2) is 42.9 Å². The summed E-state index contributed by atoms with van der Waals surface area (Å²) in [5.74, 6) is 0. The molecule has 1 N–H and O–H groups in total. The van der Waals surface area contributed by atoms with Crippen molar-refractivity contribution in [3.05, 3.63) is 0 Å². The van der Waals surface area contributed by atoms with Gasteiger partial charge in [0.2, 0.25) is 0 Å². The van der Waals surface area contributed by atoms with Gasteiger partial charge in [-0.1, -0.05) is 168 Å². The van der Waals surface area contributed by atoms with Crippen LogP contribution in [0.1, 0.15) is 213 Å². The van der Waals surface area contributed by atoms with Crippen LogP contribution in [0.5, 0.6) is 0 Å². The van der Waals surface area contributed by atoms with Crippen molar-refractivity contribution in [3.8, 4) is 0 Å². The van der Waals surface area contributed by atoms with Crippen LogP contribution >= 0.6 is 0 Å². The van der Waals surface area contributed by atoms with Gasteiger partial charge in [0.25, 0.3) is 0 Å². The average molecular weight is 567 g/mol. The molecule has 0 aromatic heterocycles. The number of nitrogens with zero attached hydrogens (tertiary/aromatic N) is 1. The topological polar surface area (TPSA) is 20.2 Å². The second kappa shape index (κ2) is 33.4. The minimum Gasteiger partial charge on any atom is -0.396 e. The first-order valence-electron chi connectivity index (χ1n) is 19.1. The van der Waals surface area contributed by atoms with Crippen molar-refractivity contribution in [2.75, 3.05) is 33.3 Å². The summed E-state index contributed by atoms with van der Waals surface area (Å²) in [7, 11) is 2.53. The lowest BCUT2D eigenvalue weighted by molar-refractivity contribution is -0.910. The second-order valence-corrected chi connectivity index (χ2v) is 13.8. The fourth-order valence-electron chi connectivity index (χ4n) is 6.49. The van der Waals surface area contributed by atoms with Gasteiger partial charge in [0.1, 0.15) is 0 Å². The van der Waals surface area contributed by atoms with Crippen LogP contribution in [-0.2, 0) is 0 Å². The number of rotatable bonds is 35. The van der Waals surface area contributed by atoms with E-state index < -0.39 is 0 Å². The van der Waals surface area contributed by atoms with Crippen LogP contribution in [0, 0.1) is 0 Å². The fourth-order valence-corrected chi connectivity index (χ4v) is 6.49. The van der Waals surface area contributed by atoms with Gasteiger partial charge in [-0.05, 0) is 44.9 Å². The normalized spacial score (nSPS) is 12.0. The first-order chi connectivity index (χ1) is 19.7. The molecule has 0 rings (SSSR count). The van der Waals surface area contributed by atoms with Crippen LogP contribution < -0.4 is 0 Å². The smallest absolute Gasteiger partial charge is 0.0784 e. The summed E-state index contributed by atoms with van der Waals surface area (Å²) in [5, 5.41) is 9.18. The van der Waals surface area contributed by atoms with E-state index in [1.165, 1.54) is 217 Å². The molecule has 0 radical (unpaired) electrons. The zero-order valence-corrected chi connectivity index (χ0v) is 28.6. The Hall–Kier alpha value is -0.0800. The van der Waals surface area contributed by atoms with Gasteiger partial charge in [0, 0.05) is 6.61 Å². The molecule has 0 atom stereocenters. The number of aliphatic hydroxyl groups excluding tert-OH is 1. The van der Waals surface area contributed by atoms with Gasteiger partial charge in [0.05, 0.1) is 26.7 Å². The highest BCUT2D eigenvalue weighted by Crippen LogP contribution is 2.17. The van der Waals surface area contributed by atoms with Crippen molar-refractivity contribution in [1.29, 1.82) is 0 Å². The minimum atomic E-state index is 0.363. The lowest BCUT2D eigenvalue weighted by Crippen LogP contribution is -2.46. The Kier molecular flexibility index (Phi) is 33.4. The summed E-state index contributed by atoms with van der Waals surface area (Å²) in [5.41, 5.74) is 0. The Morgan fingerprint density at radius 1 is 0.300 bits per heavy atom. The lowest BCUT2D eigenvalue weighted by Gasteiger charge is -2.35. The standard InChI is InChI=1S/C38H80NO/c1-4-6-8-10-12-14-16-18-20-22-24-26-28-31-35-39(3,37-33-30-34-38-40)36-32-29-27-25-23-21-19-17-15-13-11-9-7-5-2/h40H,4-38H2,1-3H3/q+1. The van der Waals surface area contributed by atoms with E-state index in [2.05, 4.69) is 20.9 Å². The van der Waals surface area contributed by atoms with Crippen LogP contribution in [0.25, 0.3) is 0 Å². The summed E-state index contributed by atoms with van der Waals surface area (Å²) in [4.78, 5) is 0. The van der Waals surface area contributed by atoms with E-state index in [4.69, 9.17) is 0 Å². The zero-order valence-electron chi connectivity index (χ0n) is 28.6. The lowest BCUT2D eigenvalue weighted by atomic mass is 10.0. The molecule has 2 heteroatoms. The van der Waals surface area contributed by atoms with Crippen LogP contribution in [0.4, 0.5) is 0 Å². The van der Waals surface area contributed by atoms with Crippen molar-refractivity contribution in [3.63, 3.8) is 0 Å². The van der Waals surface area contributed by atoms with Gasteiger partial charge < -0.3 is 9.59 Å². The van der Waals surface area contributed by atoms with Crippen molar-refractivity contribution in [2.24, 2.45) is 0 Å². The van der Waals surface area contributed by atoms with E-state index in [0.29, 0.717) is 6.61 Å². The molecule has 0 aromatic carbocycles. The molecule has 0 saturated heterocycles. The van der Waals surface area contributed by atoms with Gasteiger partial charge in [-0.15, -0.1) is 0 Å². The van der Waals surface area contributed by atoms with Crippen molar-refractivity contribution in [2.45, 2.75) is 213 Å². The van der Waals surface area contributed by atoms with Gasteiger partial charge in [0.15, 0.2) is 0 Å². The molecule has 0 fully saturated rings. The Balaban J connectivity index is 3.78. The van der Waals surface area contributed by atoms with Gasteiger partial charge in [-0.3, -0.25) is 0 Å². The molecule has 0 spiro atoms. The summed E-state index contributed by atoms with van der Waals surface area (Å²) in [6.07, 6.45) is 44.0. The minimum absolute atomic E-state index is 0.363. The second-order valence-electron chi connectivity index (χ2n) is 13.8. The summed E-state index contributed by atoms with van der Waals surface area (Å²) < 4.78 is 1.28. The first-order valence-corrected chi connectivity index (χ1v) is 19.1. The SMILES string of the molecule is CCCCCCCCCCCCCCCC[N+](C)(CCCCCO)CCCCCCCCCCCCCCCC. The quantitative estimate of drug-likeness (QED) is 0.0597. The van der Waals surface area contributed by atoms with E-state index in [0.717, 1.165) is 6.42 Å². The Morgan fingerprint density at radius 3 is 0.725 bits per heavy atom. The molecular formula is C38H80NO+. The number of hydrogen-bond donors (Lipinski definition) is 1. The molecule has 0 aliphatic heterocycles.